The summed E-state index contributed by atoms with van der Waals surface area (Å²) >= 11 is 0. The van der Waals surface area contributed by atoms with Gasteiger partial charge in [-0.05, 0) is 44.9 Å². The average molecular weight is 373 g/mol. The number of hydrogen-bond donors (Lipinski definition) is 1. The van der Waals surface area contributed by atoms with Crippen LogP contribution in [0.5, 0.6) is 0 Å². The molecule has 1 aromatic carbocycles. The van der Waals surface area contributed by atoms with Crippen molar-refractivity contribution < 1.29 is 19.1 Å². The van der Waals surface area contributed by atoms with Crippen LogP contribution in [0.25, 0.3) is 11.0 Å². The highest BCUT2D eigenvalue weighted by molar-refractivity contribution is 6.00. The third-order valence-corrected chi connectivity index (χ3v) is 4.44. The maximum Gasteiger partial charge on any atom is 0.329 e. The number of fused-ring (bicyclic) bond motifs is 1. The van der Waals surface area contributed by atoms with Crippen LogP contribution in [-0.4, -0.2) is 32.5 Å². The summed E-state index contributed by atoms with van der Waals surface area (Å²) in [6, 6.07) is 4.49. The third kappa shape index (κ3) is 3.79. The number of hydrogen-bond acceptors (Lipinski definition) is 5. The Kier molecular flexibility index (Phi) is 4.67. The van der Waals surface area contributed by atoms with Crippen molar-refractivity contribution in [1.29, 1.82) is 0 Å². The molecule has 3 rings (SSSR count). The molecule has 1 aromatic heterocycles. The number of benzene rings is 1. The van der Waals surface area contributed by atoms with Crippen LogP contribution in [0.2, 0.25) is 0 Å². The lowest BCUT2D eigenvalue weighted by molar-refractivity contribution is -0.154. The fourth-order valence-corrected chi connectivity index (χ4v) is 3.29. The predicted octanol–water partition coefficient (Wildman–Crippen LogP) is 1.20. The van der Waals surface area contributed by atoms with Crippen LogP contribution in [0.3, 0.4) is 0 Å². The summed E-state index contributed by atoms with van der Waals surface area (Å²) in [7, 11) is 1.62. The topological polar surface area (TPSA) is 99.4 Å². The molecule has 0 spiro atoms. The minimum Gasteiger partial charge on any atom is -0.460 e. The standard InChI is InChI=1S/C19H23N3O5/c1-19(2,3)27-16(24)10-11-5-6-12-14(9-11)21(4)18(26)22(12)13-7-8-15(23)20-17(13)25/h5-6,9,13H,7-8,10H2,1-4H3,(H,20,23,25). The molecule has 2 amide bonds. The molecule has 0 radical (unpaired) electrons. The second kappa shape index (κ2) is 6.68. The number of aryl methyl sites for hydroxylation is 1. The predicted molar refractivity (Wildman–Crippen MR) is 98.1 cm³/mol. The first kappa shape index (κ1) is 18.9. The molecule has 1 fully saturated rings. The molecule has 144 valence electrons. The van der Waals surface area contributed by atoms with Gasteiger partial charge in [0, 0.05) is 13.5 Å². The number of rotatable bonds is 3. The molecule has 0 bridgehead atoms. The summed E-state index contributed by atoms with van der Waals surface area (Å²) in [6.07, 6.45) is 0.560. The van der Waals surface area contributed by atoms with Gasteiger partial charge in [-0.3, -0.25) is 28.8 Å². The van der Waals surface area contributed by atoms with Crippen molar-refractivity contribution in [2.24, 2.45) is 7.05 Å². The number of nitrogens with zero attached hydrogens (tertiary/aromatic N) is 2. The quantitative estimate of drug-likeness (QED) is 0.644. The van der Waals surface area contributed by atoms with Crippen LogP contribution in [0, 0.1) is 0 Å². The van der Waals surface area contributed by atoms with E-state index in [0.717, 1.165) is 0 Å². The second-order valence-electron chi connectivity index (χ2n) is 7.76. The lowest BCUT2D eigenvalue weighted by Gasteiger charge is -2.22. The van der Waals surface area contributed by atoms with E-state index in [1.54, 1.807) is 46.0 Å². The normalized spacial score (nSPS) is 17.9. The number of carbonyl (C=O) groups excluding carboxylic acids is 3. The molecular formula is C19H23N3O5. The molecule has 1 aliphatic rings. The zero-order valence-electron chi connectivity index (χ0n) is 15.9. The number of ether oxygens (including phenoxy) is 1. The Balaban J connectivity index is 1.96. The number of carbonyl (C=O) groups is 3. The molecule has 0 aliphatic carbocycles. The Morgan fingerprint density at radius 3 is 2.56 bits per heavy atom. The van der Waals surface area contributed by atoms with E-state index >= 15 is 0 Å². The fraction of sp³-hybridized carbons (Fsp3) is 0.474. The van der Waals surface area contributed by atoms with Crippen LogP contribution in [0.4, 0.5) is 0 Å². The summed E-state index contributed by atoms with van der Waals surface area (Å²) in [4.78, 5) is 48.3. The van der Waals surface area contributed by atoms with Crippen LogP contribution in [0.15, 0.2) is 23.0 Å². The second-order valence-corrected chi connectivity index (χ2v) is 7.76. The van der Waals surface area contributed by atoms with Crippen LogP contribution in [0.1, 0.15) is 45.2 Å². The summed E-state index contributed by atoms with van der Waals surface area (Å²) in [6.45, 7) is 5.41. The lowest BCUT2D eigenvalue weighted by atomic mass is 10.1. The minimum atomic E-state index is -0.726. The van der Waals surface area contributed by atoms with Gasteiger partial charge in [-0.2, -0.15) is 0 Å². The fourth-order valence-electron chi connectivity index (χ4n) is 3.29. The van der Waals surface area contributed by atoms with Gasteiger partial charge in [-0.1, -0.05) is 6.07 Å². The van der Waals surface area contributed by atoms with Gasteiger partial charge >= 0.3 is 11.7 Å². The highest BCUT2D eigenvalue weighted by Gasteiger charge is 2.31. The zero-order chi connectivity index (χ0) is 19.9. The van der Waals surface area contributed by atoms with Crippen molar-refractivity contribution in [3.05, 3.63) is 34.2 Å². The Labute approximate surface area is 156 Å². The number of nitrogens with one attached hydrogen (secondary N) is 1. The van der Waals surface area contributed by atoms with Gasteiger partial charge < -0.3 is 4.74 Å². The molecular weight excluding hydrogens is 350 g/mol. The highest BCUT2D eigenvalue weighted by atomic mass is 16.6. The van der Waals surface area contributed by atoms with Crippen molar-refractivity contribution in [1.82, 2.24) is 14.5 Å². The molecule has 1 saturated heterocycles. The molecule has 1 atom stereocenters. The first-order chi connectivity index (χ1) is 12.6. The highest BCUT2D eigenvalue weighted by Crippen LogP contribution is 2.24. The van der Waals surface area contributed by atoms with Gasteiger partial charge in [0.2, 0.25) is 11.8 Å². The molecule has 1 unspecified atom stereocenters. The molecule has 8 nitrogen and oxygen atoms in total. The van der Waals surface area contributed by atoms with E-state index in [2.05, 4.69) is 5.32 Å². The van der Waals surface area contributed by atoms with E-state index in [1.165, 1.54) is 9.13 Å². The summed E-state index contributed by atoms with van der Waals surface area (Å²) in [5, 5.41) is 2.28. The van der Waals surface area contributed by atoms with E-state index in [1.807, 2.05) is 0 Å². The van der Waals surface area contributed by atoms with Gasteiger partial charge in [-0.25, -0.2) is 4.79 Å². The largest absolute Gasteiger partial charge is 0.460 e. The molecule has 1 N–H and O–H groups in total. The van der Waals surface area contributed by atoms with Crippen LogP contribution < -0.4 is 11.0 Å². The summed E-state index contributed by atoms with van der Waals surface area (Å²) < 4.78 is 8.19. The molecule has 0 saturated carbocycles. The van der Waals surface area contributed by atoms with Gasteiger partial charge in [0.1, 0.15) is 11.6 Å². The van der Waals surface area contributed by atoms with E-state index in [9.17, 15) is 19.2 Å². The van der Waals surface area contributed by atoms with E-state index in [4.69, 9.17) is 4.74 Å². The van der Waals surface area contributed by atoms with Crippen molar-refractivity contribution >= 4 is 28.8 Å². The molecule has 2 aromatic rings. The number of piperidine rings is 1. The maximum absolute atomic E-state index is 12.7. The lowest BCUT2D eigenvalue weighted by Crippen LogP contribution is -2.44. The molecule has 8 heteroatoms. The van der Waals surface area contributed by atoms with E-state index < -0.39 is 17.6 Å². The van der Waals surface area contributed by atoms with E-state index in [0.29, 0.717) is 16.6 Å². The Morgan fingerprint density at radius 1 is 1.22 bits per heavy atom. The Bertz CT molecular complexity index is 993. The molecule has 2 heterocycles. The van der Waals surface area contributed by atoms with Crippen molar-refractivity contribution in [3.63, 3.8) is 0 Å². The maximum atomic E-state index is 12.7. The Morgan fingerprint density at radius 2 is 1.93 bits per heavy atom. The first-order valence-corrected chi connectivity index (χ1v) is 8.82. The summed E-state index contributed by atoms with van der Waals surface area (Å²) in [5.41, 5.74) is 1.01. The van der Waals surface area contributed by atoms with Crippen molar-refractivity contribution in [2.75, 3.05) is 0 Å². The number of imide groups is 1. The van der Waals surface area contributed by atoms with Crippen molar-refractivity contribution in [2.45, 2.75) is 51.7 Å². The smallest absolute Gasteiger partial charge is 0.329 e. The van der Waals surface area contributed by atoms with Gasteiger partial charge in [0.25, 0.3) is 0 Å². The monoisotopic (exact) mass is 373 g/mol. The number of imidazole rings is 1. The molecule has 1 aliphatic heterocycles. The Hall–Kier alpha value is -2.90. The number of aromatic nitrogens is 2. The zero-order valence-corrected chi connectivity index (χ0v) is 15.9. The average Bonchev–Trinajstić information content (AvgIpc) is 2.78. The molecule has 27 heavy (non-hydrogen) atoms. The van der Waals surface area contributed by atoms with Crippen LogP contribution >= 0.6 is 0 Å². The van der Waals surface area contributed by atoms with Gasteiger partial charge in [0.05, 0.1) is 17.5 Å². The number of esters is 1. The SMILES string of the molecule is Cn1c(=O)n(C2CCC(=O)NC2=O)c2ccc(CC(=O)OC(C)(C)C)cc21. The third-order valence-electron chi connectivity index (χ3n) is 4.44. The number of amides is 2. The van der Waals surface area contributed by atoms with Crippen LogP contribution in [-0.2, 0) is 32.6 Å². The van der Waals surface area contributed by atoms with Gasteiger partial charge in [0.15, 0.2) is 0 Å². The summed E-state index contributed by atoms with van der Waals surface area (Å²) in [5.74, 6) is -1.15. The first-order valence-electron chi connectivity index (χ1n) is 8.82. The van der Waals surface area contributed by atoms with E-state index in [-0.39, 0.29) is 36.8 Å². The van der Waals surface area contributed by atoms with Gasteiger partial charge in [-0.15, -0.1) is 0 Å². The van der Waals surface area contributed by atoms with Crippen molar-refractivity contribution in [3.8, 4) is 0 Å². The minimum absolute atomic E-state index is 0.0883.